The van der Waals surface area contributed by atoms with Crippen LogP contribution in [0.15, 0.2) is 30.3 Å². The first-order chi connectivity index (χ1) is 6.99. The van der Waals surface area contributed by atoms with Crippen molar-refractivity contribution in [2.24, 2.45) is 0 Å². The van der Waals surface area contributed by atoms with Gasteiger partial charge in [-0.15, -0.1) is 0 Å². The molecule has 0 aromatic heterocycles. The van der Waals surface area contributed by atoms with E-state index in [2.05, 4.69) is 5.32 Å². The summed E-state index contributed by atoms with van der Waals surface area (Å²) in [5.41, 5.74) is 1.16. The monoisotopic (exact) mass is 181 g/mol. The van der Waals surface area contributed by atoms with Gasteiger partial charge in [0.15, 0.2) is 0 Å². The molecule has 0 heterocycles. The summed E-state index contributed by atoms with van der Waals surface area (Å²) in [4.78, 5) is 0. The second-order valence-corrected chi connectivity index (χ2v) is 2.99. The molecule has 1 aromatic rings. The van der Waals surface area contributed by atoms with E-state index in [1.807, 2.05) is 37.3 Å². The molecule has 0 saturated carbocycles. The zero-order valence-corrected chi connectivity index (χ0v) is 7.83. The fourth-order valence-corrected chi connectivity index (χ4v) is 1.20. The Labute approximate surface area is 82.4 Å². The van der Waals surface area contributed by atoms with Gasteiger partial charge in [-0.3, -0.25) is 0 Å². The molecular weight excluding hydrogens is 162 g/mol. The summed E-state index contributed by atoms with van der Waals surface area (Å²) in [6.45, 7) is 0.394. The largest absolute Gasteiger partial charge is 0.396 e. The van der Waals surface area contributed by atoms with Gasteiger partial charge in [-0.05, 0) is 25.5 Å². The number of hydrogen-bond donors (Lipinski definition) is 2. The van der Waals surface area contributed by atoms with Crippen molar-refractivity contribution in [3.63, 3.8) is 0 Å². The first-order valence-electron chi connectivity index (χ1n) is 5.50. The third kappa shape index (κ3) is 3.57. The summed E-state index contributed by atoms with van der Waals surface area (Å²) < 4.78 is 13.9. The summed E-state index contributed by atoms with van der Waals surface area (Å²) in [6.07, 6.45) is 0.101. The lowest BCUT2D eigenvalue weighted by Crippen LogP contribution is -2.20. The van der Waals surface area contributed by atoms with E-state index in [1.165, 1.54) is 0 Å². The van der Waals surface area contributed by atoms with Crippen LogP contribution < -0.4 is 5.32 Å². The van der Waals surface area contributed by atoms with Crippen LogP contribution in [-0.4, -0.2) is 18.2 Å². The van der Waals surface area contributed by atoms with Crippen LogP contribution in [0.4, 0.5) is 0 Å². The predicted octanol–water partition coefficient (Wildman–Crippen LogP) is 1.72. The average Bonchev–Trinajstić information content (AvgIpc) is 2.17. The number of benzene rings is 1. The molecule has 0 amide bonds. The molecule has 0 spiro atoms. The topological polar surface area (TPSA) is 32.3 Å². The third-order valence-corrected chi connectivity index (χ3v) is 1.99. The maximum atomic E-state index is 8.89. The minimum Gasteiger partial charge on any atom is -0.396 e. The molecule has 1 rings (SSSR count). The molecule has 0 saturated heterocycles. The van der Waals surface area contributed by atoms with Gasteiger partial charge in [0.2, 0.25) is 0 Å². The Bertz CT molecular complexity index is 284. The van der Waals surface area contributed by atoms with Crippen molar-refractivity contribution in [1.82, 2.24) is 5.32 Å². The molecule has 1 aromatic carbocycles. The van der Waals surface area contributed by atoms with Gasteiger partial charge in [0.25, 0.3) is 0 Å². The van der Waals surface area contributed by atoms with Crippen molar-refractivity contribution in [1.29, 1.82) is 0 Å². The first kappa shape index (κ1) is 7.54. The molecule has 72 valence electrons. The predicted molar refractivity (Wildman–Crippen MR) is 54.6 cm³/mol. The van der Waals surface area contributed by atoms with Crippen LogP contribution in [0, 0.1) is 0 Å². The molecular formula is C11H17NO. The molecule has 1 atom stereocenters. The van der Waals surface area contributed by atoms with Crippen molar-refractivity contribution in [2.75, 3.05) is 13.1 Å². The van der Waals surface area contributed by atoms with E-state index >= 15 is 0 Å². The van der Waals surface area contributed by atoms with Crippen molar-refractivity contribution < 1.29 is 7.85 Å². The van der Waals surface area contributed by atoms with Gasteiger partial charge in [0, 0.05) is 12.6 Å². The molecule has 1 unspecified atom stereocenters. The lowest BCUT2D eigenvalue weighted by atomic mass is 10.1. The minimum absolute atomic E-state index is 0.101. The van der Waals surface area contributed by atoms with Gasteiger partial charge < -0.3 is 10.4 Å². The molecule has 0 aliphatic rings. The maximum absolute atomic E-state index is 8.89. The summed E-state index contributed by atoms with van der Waals surface area (Å²) in [5.74, 6) is 0. The number of aliphatic hydroxyl groups is 1. The molecule has 2 nitrogen and oxygen atoms in total. The molecule has 2 N–H and O–H groups in total. The van der Waals surface area contributed by atoms with Gasteiger partial charge in [-0.1, -0.05) is 30.3 Å². The van der Waals surface area contributed by atoms with Crippen molar-refractivity contribution in [2.45, 2.75) is 19.4 Å². The van der Waals surface area contributed by atoms with E-state index in [1.54, 1.807) is 0 Å². The van der Waals surface area contributed by atoms with E-state index in [9.17, 15) is 0 Å². The number of rotatable bonds is 5. The summed E-state index contributed by atoms with van der Waals surface area (Å²) >= 11 is 0. The SMILES string of the molecule is [2H]C([2H])(O)CCNC(C)c1ccccc1. The van der Waals surface area contributed by atoms with Gasteiger partial charge in [-0.2, -0.15) is 0 Å². The molecule has 0 fully saturated rings. The van der Waals surface area contributed by atoms with Crippen LogP contribution in [0.2, 0.25) is 0 Å². The lowest BCUT2D eigenvalue weighted by Gasteiger charge is -2.13. The standard InChI is InChI=1S/C11H17NO/c1-10(12-8-5-9-13)11-6-3-2-4-7-11/h2-4,6-7,10,12-13H,5,8-9H2,1H3/i9D2. The van der Waals surface area contributed by atoms with E-state index in [-0.39, 0.29) is 12.5 Å². The van der Waals surface area contributed by atoms with E-state index in [4.69, 9.17) is 7.85 Å². The Morgan fingerprint density at radius 3 is 2.77 bits per heavy atom. The Morgan fingerprint density at radius 2 is 2.15 bits per heavy atom. The highest BCUT2D eigenvalue weighted by Crippen LogP contribution is 2.10. The summed E-state index contributed by atoms with van der Waals surface area (Å²) in [7, 11) is 0. The number of hydrogen-bond acceptors (Lipinski definition) is 2. The van der Waals surface area contributed by atoms with Crippen molar-refractivity contribution in [3.8, 4) is 0 Å². The van der Waals surface area contributed by atoms with Crippen LogP contribution in [0.3, 0.4) is 0 Å². The zero-order chi connectivity index (χ0) is 11.3. The molecule has 13 heavy (non-hydrogen) atoms. The summed E-state index contributed by atoms with van der Waals surface area (Å²) in [5, 5.41) is 12.0. The van der Waals surface area contributed by atoms with Crippen LogP contribution in [0.5, 0.6) is 0 Å². The van der Waals surface area contributed by atoms with E-state index < -0.39 is 6.56 Å². The van der Waals surface area contributed by atoms with Crippen LogP contribution in [0.1, 0.15) is 27.7 Å². The van der Waals surface area contributed by atoms with Crippen molar-refractivity contribution >= 4 is 0 Å². The molecule has 0 aliphatic heterocycles. The normalized spacial score (nSPS) is 16.2. The first-order valence-corrected chi connectivity index (χ1v) is 4.50. The van der Waals surface area contributed by atoms with Crippen LogP contribution in [-0.2, 0) is 0 Å². The molecule has 0 aliphatic carbocycles. The highest BCUT2D eigenvalue weighted by molar-refractivity contribution is 5.17. The van der Waals surface area contributed by atoms with Gasteiger partial charge in [-0.25, -0.2) is 0 Å². The van der Waals surface area contributed by atoms with Gasteiger partial charge >= 0.3 is 0 Å². The highest BCUT2D eigenvalue weighted by Gasteiger charge is 2.01. The number of nitrogens with one attached hydrogen (secondary N) is 1. The highest BCUT2D eigenvalue weighted by atomic mass is 16.3. The second-order valence-electron chi connectivity index (χ2n) is 2.99. The van der Waals surface area contributed by atoms with Crippen LogP contribution >= 0.6 is 0 Å². The average molecular weight is 181 g/mol. The maximum Gasteiger partial charge on any atom is 0.0564 e. The third-order valence-electron chi connectivity index (χ3n) is 1.99. The molecule has 2 heteroatoms. The fraction of sp³-hybridized carbons (Fsp3) is 0.455. The van der Waals surface area contributed by atoms with Crippen molar-refractivity contribution in [3.05, 3.63) is 35.9 Å². The second kappa shape index (κ2) is 5.73. The van der Waals surface area contributed by atoms with Gasteiger partial charge in [0.05, 0.1) is 2.74 Å². The van der Waals surface area contributed by atoms with E-state index in [0.717, 1.165) is 5.56 Å². The Kier molecular flexibility index (Phi) is 3.32. The van der Waals surface area contributed by atoms with Gasteiger partial charge in [0.1, 0.15) is 0 Å². The smallest absolute Gasteiger partial charge is 0.0564 e. The quantitative estimate of drug-likeness (QED) is 0.725. The minimum atomic E-state index is -2.08. The Morgan fingerprint density at radius 1 is 1.46 bits per heavy atom. The fourth-order valence-electron chi connectivity index (χ4n) is 1.20. The zero-order valence-electron chi connectivity index (χ0n) is 9.83. The molecule has 0 radical (unpaired) electrons. The summed E-state index contributed by atoms with van der Waals surface area (Å²) in [6, 6.07) is 10.1. The Hall–Kier alpha value is -0.860. The Balaban J connectivity index is 2.34. The van der Waals surface area contributed by atoms with E-state index in [0.29, 0.717) is 6.54 Å². The van der Waals surface area contributed by atoms with Crippen LogP contribution in [0.25, 0.3) is 0 Å². The lowest BCUT2D eigenvalue weighted by molar-refractivity contribution is 0.284. The molecule has 0 bridgehead atoms.